The molecule has 0 saturated carbocycles. The minimum absolute atomic E-state index is 0.0105. The summed E-state index contributed by atoms with van der Waals surface area (Å²) in [6.07, 6.45) is 0. The highest BCUT2D eigenvalue weighted by Gasteiger charge is 2.38. The van der Waals surface area contributed by atoms with Crippen molar-refractivity contribution < 1.29 is 14.7 Å². The predicted molar refractivity (Wildman–Crippen MR) is 86.3 cm³/mol. The van der Waals surface area contributed by atoms with Gasteiger partial charge >= 0.3 is 5.97 Å². The number of carbonyl (C=O) groups excluding carboxylic acids is 1. The summed E-state index contributed by atoms with van der Waals surface area (Å²) in [5.41, 5.74) is 0. The molecule has 0 aromatic heterocycles. The molecule has 4 nitrogen and oxygen atoms in total. The first-order valence-corrected chi connectivity index (χ1v) is 8.49. The molecule has 21 heavy (non-hydrogen) atoms. The highest BCUT2D eigenvalue weighted by Crippen LogP contribution is 2.29. The van der Waals surface area contributed by atoms with Crippen LogP contribution in [0.1, 0.15) is 13.8 Å². The summed E-state index contributed by atoms with van der Waals surface area (Å²) in [5, 5.41) is 8.92. The Kier molecular flexibility index (Phi) is 5.32. The van der Waals surface area contributed by atoms with Crippen molar-refractivity contribution in [2.75, 3.05) is 13.1 Å². The average Bonchev–Trinajstić information content (AvgIpc) is 2.82. The third-order valence-electron chi connectivity index (χ3n) is 3.72. The lowest BCUT2D eigenvalue weighted by Crippen LogP contribution is -2.35. The second-order valence-electron chi connectivity index (χ2n) is 5.38. The Morgan fingerprint density at radius 1 is 1.33 bits per heavy atom. The average molecular weight is 372 g/mol. The monoisotopic (exact) mass is 371 g/mol. The second kappa shape index (κ2) is 6.83. The molecule has 0 aliphatic carbocycles. The molecule has 1 fully saturated rings. The first kappa shape index (κ1) is 16.4. The summed E-state index contributed by atoms with van der Waals surface area (Å²) in [4.78, 5) is 26.3. The molecule has 1 heterocycles. The number of carboxylic acid groups (broad SMARTS) is 1. The van der Waals surface area contributed by atoms with Crippen molar-refractivity contribution in [3.8, 4) is 0 Å². The fourth-order valence-corrected chi connectivity index (χ4v) is 3.71. The summed E-state index contributed by atoms with van der Waals surface area (Å²) >= 11 is 4.88. The van der Waals surface area contributed by atoms with E-state index in [-0.39, 0.29) is 17.1 Å². The van der Waals surface area contributed by atoms with Gasteiger partial charge in [-0.2, -0.15) is 0 Å². The molecule has 1 N–H and O–H groups in total. The number of hydrogen-bond acceptors (Lipinski definition) is 3. The van der Waals surface area contributed by atoms with Gasteiger partial charge in [0.2, 0.25) is 5.91 Å². The van der Waals surface area contributed by atoms with E-state index < -0.39 is 11.9 Å². The predicted octanol–water partition coefficient (Wildman–Crippen LogP) is 3.11. The Labute approximate surface area is 137 Å². The zero-order valence-corrected chi connectivity index (χ0v) is 14.4. The number of hydrogen-bond donors (Lipinski definition) is 1. The number of halogens is 1. The minimum atomic E-state index is -0.814. The number of aliphatic carboxylic acids is 1. The van der Waals surface area contributed by atoms with Crippen molar-refractivity contribution in [1.29, 1.82) is 0 Å². The topological polar surface area (TPSA) is 57.6 Å². The Hall–Kier alpha value is -1.01. The highest BCUT2D eigenvalue weighted by atomic mass is 79.9. The van der Waals surface area contributed by atoms with Crippen LogP contribution in [0, 0.1) is 11.8 Å². The quantitative estimate of drug-likeness (QED) is 0.826. The molecular formula is C15H18BrNO3S. The Bertz CT molecular complexity index is 534. The maximum atomic E-state index is 12.4. The molecule has 2 rings (SSSR count). The molecule has 1 amide bonds. The van der Waals surface area contributed by atoms with Crippen LogP contribution >= 0.6 is 27.7 Å². The number of rotatable bonds is 4. The van der Waals surface area contributed by atoms with Gasteiger partial charge in [0.15, 0.2) is 0 Å². The van der Waals surface area contributed by atoms with Crippen molar-refractivity contribution in [2.24, 2.45) is 11.8 Å². The lowest BCUT2D eigenvalue weighted by Gasteiger charge is -2.20. The number of likely N-dealkylation sites (tertiary alicyclic amines) is 1. The summed E-state index contributed by atoms with van der Waals surface area (Å²) < 4.78 is 1.00. The number of thioether (sulfide) groups is 1. The van der Waals surface area contributed by atoms with Crippen LogP contribution in [0.3, 0.4) is 0 Å². The molecule has 0 radical (unpaired) electrons. The van der Waals surface area contributed by atoms with Crippen molar-refractivity contribution in [3.63, 3.8) is 0 Å². The molecule has 1 aliphatic rings. The lowest BCUT2D eigenvalue weighted by atomic mass is 9.99. The molecule has 1 aromatic carbocycles. The largest absolute Gasteiger partial charge is 0.481 e. The van der Waals surface area contributed by atoms with Gasteiger partial charge in [0.25, 0.3) is 0 Å². The van der Waals surface area contributed by atoms with Crippen LogP contribution in [0.25, 0.3) is 0 Å². The number of carbonyl (C=O) groups is 2. The second-order valence-corrected chi connectivity index (χ2v) is 7.71. The van der Waals surface area contributed by atoms with Crippen molar-refractivity contribution in [1.82, 2.24) is 4.90 Å². The van der Waals surface area contributed by atoms with E-state index in [0.717, 1.165) is 9.37 Å². The third kappa shape index (κ3) is 4.01. The lowest BCUT2D eigenvalue weighted by molar-refractivity contribution is -0.142. The molecule has 1 saturated heterocycles. The van der Waals surface area contributed by atoms with E-state index >= 15 is 0 Å². The first-order valence-electron chi connectivity index (χ1n) is 6.82. The van der Waals surface area contributed by atoms with Gasteiger partial charge in [0, 0.05) is 22.5 Å². The van der Waals surface area contributed by atoms with Gasteiger partial charge in [-0.25, -0.2) is 0 Å². The zero-order valence-electron chi connectivity index (χ0n) is 12.0. The summed E-state index contributed by atoms with van der Waals surface area (Å²) in [6.45, 7) is 4.61. The smallest absolute Gasteiger partial charge is 0.308 e. The molecule has 0 bridgehead atoms. The van der Waals surface area contributed by atoms with E-state index in [1.54, 1.807) is 4.90 Å². The fourth-order valence-electron chi connectivity index (χ4n) is 2.49. The van der Waals surface area contributed by atoms with E-state index in [0.29, 0.717) is 13.1 Å². The number of nitrogens with zero attached hydrogens (tertiary/aromatic N) is 1. The molecule has 0 spiro atoms. The van der Waals surface area contributed by atoms with E-state index in [9.17, 15) is 9.59 Å². The molecule has 114 valence electrons. The molecule has 3 atom stereocenters. The fraction of sp³-hybridized carbons (Fsp3) is 0.467. The van der Waals surface area contributed by atoms with Crippen LogP contribution in [0.5, 0.6) is 0 Å². The first-order chi connectivity index (χ1) is 9.88. The molecule has 1 aliphatic heterocycles. The number of benzene rings is 1. The van der Waals surface area contributed by atoms with Gasteiger partial charge in [0.1, 0.15) is 0 Å². The van der Waals surface area contributed by atoms with E-state index in [4.69, 9.17) is 5.11 Å². The standard InChI is InChI=1S/C15H18BrNO3S/c1-9-7-17(8-13(9)15(19)20)14(18)10(2)21-12-5-3-11(16)4-6-12/h3-6,9-10,13H,7-8H2,1-2H3,(H,19,20)/t9-,10?,13-/m1/s1. The molecule has 1 aromatic rings. The maximum Gasteiger partial charge on any atom is 0.308 e. The van der Waals surface area contributed by atoms with Gasteiger partial charge in [-0.15, -0.1) is 11.8 Å². The highest BCUT2D eigenvalue weighted by molar-refractivity contribution is 9.10. The van der Waals surface area contributed by atoms with Crippen molar-refractivity contribution >= 4 is 39.6 Å². The Balaban J connectivity index is 1.97. The Morgan fingerprint density at radius 2 is 1.95 bits per heavy atom. The van der Waals surface area contributed by atoms with Crippen LogP contribution in [-0.4, -0.2) is 40.2 Å². The normalized spacial score (nSPS) is 23.1. The van der Waals surface area contributed by atoms with Crippen molar-refractivity contribution in [3.05, 3.63) is 28.7 Å². The van der Waals surface area contributed by atoms with E-state index in [1.807, 2.05) is 38.1 Å². The van der Waals surface area contributed by atoms with Gasteiger partial charge in [-0.05, 0) is 37.1 Å². The maximum absolute atomic E-state index is 12.4. The molecular weight excluding hydrogens is 354 g/mol. The van der Waals surface area contributed by atoms with Gasteiger partial charge in [-0.1, -0.05) is 22.9 Å². The van der Waals surface area contributed by atoms with Crippen LogP contribution in [0.4, 0.5) is 0 Å². The molecule has 6 heteroatoms. The third-order valence-corrected chi connectivity index (χ3v) is 5.34. The van der Waals surface area contributed by atoms with E-state index in [1.165, 1.54) is 11.8 Å². The summed E-state index contributed by atoms with van der Waals surface area (Å²) in [7, 11) is 0. The summed E-state index contributed by atoms with van der Waals surface area (Å²) in [6, 6.07) is 7.81. The van der Waals surface area contributed by atoms with Crippen LogP contribution < -0.4 is 0 Å². The van der Waals surface area contributed by atoms with Crippen molar-refractivity contribution in [2.45, 2.75) is 24.0 Å². The van der Waals surface area contributed by atoms with E-state index in [2.05, 4.69) is 15.9 Å². The Morgan fingerprint density at radius 3 is 2.48 bits per heavy atom. The van der Waals surface area contributed by atoms with Crippen LogP contribution in [0.2, 0.25) is 0 Å². The summed E-state index contributed by atoms with van der Waals surface area (Å²) in [5.74, 6) is -1.24. The van der Waals surface area contributed by atoms with Gasteiger partial charge in [0.05, 0.1) is 11.2 Å². The van der Waals surface area contributed by atoms with Gasteiger partial charge in [-0.3, -0.25) is 9.59 Å². The van der Waals surface area contributed by atoms with Gasteiger partial charge < -0.3 is 10.0 Å². The molecule has 1 unspecified atom stereocenters. The van der Waals surface area contributed by atoms with Crippen LogP contribution in [-0.2, 0) is 9.59 Å². The minimum Gasteiger partial charge on any atom is -0.481 e. The number of amides is 1. The van der Waals surface area contributed by atoms with Crippen LogP contribution in [0.15, 0.2) is 33.6 Å². The number of carboxylic acids is 1. The SMILES string of the molecule is CC(Sc1ccc(Br)cc1)C(=O)N1C[C@@H](C)[C@H](C(=O)O)C1. The zero-order chi connectivity index (χ0) is 15.6.